The quantitative estimate of drug-likeness (QED) is 0.752. The van der Waals surface area contributed by atoms with Crippen LogP contribution in [0.3, 0.4) is 0 Å². The fourth-order valence-corrected chi connectivity index (χ4v) is 1.72. The number of carbonyl (C=O) groups is 1. The Hall–Kier alpha value is -1.31. The Kier molecular flexibility index (Phi) is 4.35. The maximum absolute atomic E-state index is 10.3. The van der Waals surface area contributed by atoms with Crippen LogP contribution in [0.4, 0.5) is 0 Å². The van der Waals surface area contributed by atoms with E-state index < -0.39 is 5.97 Å². The number of aliphatic carboxylic acids is 1. The number of benzene rings is 1. The third-order valence-electron chi connectivity index (χ3n) is 2.58. The van der Waals surface area contributed by atoms with Crippen LogP contribution in [0.1, 0.15) is 36.0 Å². The van der Waals surface area contributed by atoms with Gasteiger partial charge in [0.25, 0.3) is 0 Å². The maximum atomic E-state index is 10.3. The number of carboxylic acid groups (broad SMARTS) is 1. The van der Waals surface area contributed by atoms with Crippen molar-refractivity contribution >= 4 is 5.97 Å². The zero-order valence-electron chi connectivity index (χ0n) is 9.42. The van der Waals surface area contributed by atoms with Crippen LogP contribution in [0.5, 0.6) is 0 Å². The number of hydrogen-bond donors (Lipinski definition) is 1. The Labute approximate surface area is 90.9 Å². The number of rotatable bonds is 5. The molecule has 2 heteroatoms. The molecule has 0 amide bonds. The molecule has 0 aliphatic heterocycles. The van der Waals surface area contributed by atoms with Crippen molar-refractivity contribution in [2.75, 3.05) is 0 Å². The molecule has 0 fully saturated rings. The van der Waals surface area contributed by atoms with Gasteiger partial charge in [0.2, 0.25) is 0 Å². The Morgan fingerprint density at radius 3 is 2.60 bits per heavy atom. The summed E-state index contributed by atoms with van der Waals surface area (Å²) in [6.45, 7) is 4.20. The Morgan fingerprint density at radius 2 is 2.00 bits per heavy atom. The van der Waals surface area contributed by atoms with Crippen LogP contribution < -0.4 is 0 Å². The molecule has 82 valence electrons. The largest absolute Gasteiger partial charge is 0.481 e. The fourth-order valence-electron chi connectivity index (χ4n) is 1.72. The van der Waals surface area contributed by atoms with Crippen LogP contribution in [0, 0.1) is 13.8 Å². The van der Waals surface area contributed by atoms with E-state index in [0.29, 0.717) is 0 Å². The van der Waals surface area contributed by atoms with Crippen molar-refractivity contribution in [1.29, 1.82) is 0 Å². The second-order valence-corrected chi connectivity index (χ2v) is 4.03. The normalized spacial score (nSPS) is 10.3. The molecular formula is C13H18O2. The van der Waals surface area contributed by atoms with Crippen molar-refractivity contribution in [1.82, 2.24) is 0 Å². The van der Waals surface area contributed by atoms with Gasteiger partial charge in [-0.3, -0.25) is 4.79 Å². The number of aryl methyl sites for hydroxylation is 3. The summed E-state index contributed by atoms with van der Waals surface area (Å²) in [5, 5.41) is 8.50. The van der Waals surface area contributed by atoms with Gasteiger partial charge in [0.15, 0.2) is 0 Å². The zero-order chi connectivity index (χ0) is 11.3. The van der Waals surface area contributed by atoms with Crippen molar-refractivity contribution in [2.24, 2.45) is 0 Å². The highest BCUT2D eigenvalue weighted by molar-refractivity contribution is 5.66. The average Bonchev–Trinajstić information content (AvgIpc) is 2.14. The molecule has 0 unspecified atom stereocenters. The van der Waals surface area contributed by atoms with Gasteiger partial charge in [0, 0.05) is 6.42 Å². The Morgan fingerprint density at radius 1 is 1.27 bits per heavy atom. The summed E-state index contributed by atoms with van der Waals surface area (Å²) in [7, 11) is 0. The van der Waals surface area contributed by atoms with E-state index in [4.69, 9.17) is 5.11 Å². The molecule has 0 aromatic heterocycles. The van der Waals surface area contributed by atoms with Crippen LogP contribution in [0.2, 0.25) is 0 Å². The lowest BCUT2D eigenvalue weighted by Gasteiger charge is -2.06. The van der Waals surface area contributed by atoms with E-state index in [9.17, 15) is 4.79 Å². The molecular weight excluding hydrogens is 188 g/mol. The Bertz CT molecular complexity index is 342. The van der Waals surface area contributed by atoms with E-state index in [2.05, 4.69) is 32.0 Å². The molecule has 1 N–H and O–H groups in total. The predicted octanol–water partition coefficient (Wildman–Crippen LogP) is 3.10. The molecule has 0 atom stereocenters. The van der Waals surface area contributed by atoms with Gasteiger partial charge < -0.3 is 5.11 Å². The van der Waals surface area contributed by atoms with Crippen LogP contribution in [0.25, 0.3) is 0 Å². The summed E-state index contributed by atoms with van der Waals surface area (Å²) in [5.74, 6) is -0.698. The van der Waals surface area contributed by atoms with Crippen LogP contribution in [-0.2, 0) is 11.2 Å². The van der Waals surface area contributed by atoms with Crippen LogP contribution in [0.15, 0.2) is 18.2 Å². The summed E-state index contributed by atoms with van der Waals surface area (Å²) in [6.07, 6.45) is 2.99. The van der Waals surface area contributed by atoms with E-state index in [1.165, 1.54) is 16.7 Å². The molecule has 0 bridgehead atoms. The predicted molar refractivity (Wildman–Crippen MR) is 61.1 cm³/mol. The number of hydrogen-bond acceptors (Lipinski definition) is 1. The number of unbranched alkanes of at least 4 members (excludes halogenated alkanes) is 1. The molecule has 0 heterocycles. The first kappa shape index (κ1) is 11.8. The summed E-state index contributed by atoms with van der Waals surface area (Å²) in [6, 6.07) is 6.43. The highest BCUT2D eigenvalue weighted by atomic mass is 16.4. The van der Waals surface area contributed by atoms with Gasteiger partial charge in [-0.25, -0.2) is 0 Å². The zero-order valence-corrected chi connectivity index (χ0v) is 9.42. The molecule has 0 aliphatic carbocycles. The summed E-state index contributed by atoms with van der Waals surface area (Å²) < 4.78 is 0. The molecule has 0 radical (unpaired) electrons. The van der Waals surface area contributed by atoms with Crippen LogP contribution in [-0.4, -0.2) is 11.1 Å². The number of carboxylic acids is 1. The second kappa shape index (κ2) is 5.54. The smallest absolute Gasteiger partial charge is 0.303 e. The lowest BCUT2D eigenvalue weighted by Crippen LogP contribution is -1.96. The monoisotopic (exact) mass is 206 g/mol. The van der Waals surface area contributed by atoms with Crippen molar-refractivity contribution in [3.05, 3.63) is 34.9 Å². The van der Waals surface area contributed by atoms with Crippen molar-refractivity contribution in [3.63, 3.8) is 0 Å². The van der Waals surface area contributed by atoms with Gasteiger partial charge in [-0.1, -0.05) is 23.8 Å². The van der Waals surface area contributed by atoms with E-state index in [-0.39, 0.29) is 6.42 Å². The molecule has 1 aromatic carbocycles. The lowest BCUT2D eigenvalue weighted by atomic mass is 10.0. The average molecular weight is 206 g/mol. The Balaban J connectivity index is 2.40. The third-order valence-corrected chi connectivity index (χ3v) is 2.58. The van der Waals surface area contributed by atoms with Crippen molar-refractivity contribution in [3.8, 4) is 0 Å². The second-order valence-electron chi connectivity index (χ2n) is 4.03. The van der Waals surface area contributed by atoms with Gasteiger partial charge in [-0.15, -0.1) is 0 Å². The minimum Gasteiger partial charge on any atom is -0.481 e. The SMILES string of the molecule is Cc1ccc(CCCCC(=O)O)c(C)c1. The van der Waals surface area contributed by atoms with E-state index in [1.54, 1.807) is 0 Å². The molecule has 0 spiro atoms. The van der Waals surface area contributed by atoms with Gasteiger partial charge >= 0.3 is 5.97 Å². The first-order chi connectivity index (χ1) is 7.09. The van der Waals surface area contributed by atoms with E-state index in [1.807, 2.05) is 0 Å². The summed E-state index contributed by atoms with van der Waals surface area (Å²) in [4.78, 5) is 10.3. The molecule has 0 saturated heterocycles. The molecule has 1 rings (SSSR count). The first-order valence-electron chi connectivity index (χ1n) is 5.37. The van der Waals surface area contributed by atoms with Gasteiger partial charge in [-0.2, -0.15) is 0 Å². The van der Waals surface area contributed by atoms with Gasteiger partial charge in [-0.05, 0) is 44.2 Å². The molecule has 2 nitrogen and oxygen atoms in total. The lowest BCUT2D eigenvalue weighted by molar-refractivity contribution is -0.137. The fraction of sp³-hybridized carbons (Fsp3) is 0.462. The molecule has 0 saturated carbocycles. The van der Waals surface area contributed by atoms with E-state index >= 15 is 0 Å². The van der Waals surface area contributed by atoms with Crippen LogP contribution >= 0.6 is 0 Å². The highest BCUT2D eigenvalue weighted by Crippen LogP contribution is 2.13. The summed E-state index contributed by atoms with van der Waals surface area (Å²) in [5.41, 5.74) is 3.93. The van der Waals surface area contributed by atoms with Crippen molar-refractivity contribution < 1.29 is 9.90 Å². The topological polar surface area (TPSA) is 37.3 Å². The highest BCUT2D eigenvalue weighted by Gasteiger charge is 2.00. The maximum Gasteiger partial charge on any atom is 0.303 e. The third kappa shape index (κ3) is 4.15. The summed E-state index contributed by atoms with van der Waals surface area (Å²) >= 11 is 0. The first-order valence-corrected chi connectivity index (χ1v) is 5.37. The van der Waals surface area contributed by atoms with E-state index in [0.717, 1.165) is 19.3 Å². The van der Waals surface area contributed by atoms with Gasteiger partial charge in [0.05, 0.1) is 0 Å². The molecule has 1 aromatic rings. The van der Waals surface area contributed by atoms with Gasteiger partial charge in [0.1, 0.15) is 0 Å². The molecule has 0 aliphatic rings. The molecule has 15 heavy (non-hydrogen) atoms. The minimum atomic E-state index is -0.698. The minimum absolute atomic E-state index is 0.283. The van der Waals surface area contributed by atoms with Crippen molar-refractivity contribution in [2.45, 2.75) is 39.5 Å². The standard InChI is InChI=1S/C13H18O2/c1-10-7-8-12(11(2)9-10)5-3-4-6-13(14)15/h7-9H,3-6H2,1-2H3,(H,14,15).